The number of carbonyl (C=O) groups is 1. The summed E-state index contributed by atoms with van der Waals surface area (Å²) in [5, 5.41) is 3.55. The molecule has 0 saturated heterocycles. The quantitative estimate of drug-likeness (QED) is 0.868. The maximum Gasteiger partial charge on any atom is 0.222 e. The molecule has 0 spiro atoms. The van der Waals surface area contributed by atoms with Gasteiger partial charge in [-0.3, -0.25) is 4.79 Å². The standard InChI is InChI=1S/C13H19ClN2O/c1-9(10-6-4-5-7-11(10)14)16-12(17)8-13(2,3)15/h4-7,9H,8,15H2,1-3H3,(H,16,17)/t9-/m0/s1. The van der Waals surface area contributed by atoms with Gasteiger partial charge in [0.2, 0.25) is 5.91 Å². The van der Waals surface area contributed by atoms with E-state index in [9.17, 15) is 4.79 Å². The fourth-order valence-corrected chi connectivity index (χ4v) is 1.91. The van der Waals surface area contributed by atoms with Crippen LogP contribution < -0.4 is 11.1 Å². The number of amides is 1. The third kappa shape index (κ3) is 4.75. The summed E-state index contributed by atoms with van der Waals surface area (Å²) in [6.07, 6.45) is 0.293. The van der Waals surface area contributed by atoms with Crippen molar-refractivity contribution >= 4 is 17.5 Å². The minimum Gasteiger partial charge on any atom is -0.349 e. The van der Waals surface area contributed by atoms with Crippen molar-refractivity contribution in [2.75, 3.05) is 0 Å². The maximum atomic E-state index is 11.7. The Labute approximate surface area is 107 Å². The van der Waals surface area contributed by atoms with Crippen LogP contribution in [-0.2, 0) is 4.79 Å². The van der Waals surface area contributed by atoms with Crippen LogP contribution in [0.5, 0.6) is 0 Å². The lowest BCUT2D eigenvalue weighted by Crippen LogP contribution is -2.39. The largest absolute Gasteiger partial charge is 0.349 e. The minimum absolute atomic E-state index is 0.0649. The zero-order valence-electron chi connectivity index (χ0n) is 10.5. The minimum atomic E-state index is -0.496. The number of benzene rings is 1. The molecule has 0 heterocycles. The van der Waals surface area contributed by atoms with Crippen molar-refractivity contribution in [3.8, 4) is 0 Å². The molecule has 1 atom stereocenters. The van der Waals surface area contributed by atoms with Gasteiger partial charge in [0.15, 0.2) is 0 Å². The molecular formula is C13H19ClN2O. The summed E-state index contributed by atoms with van der Waals surface area (Å²) in [6.45, 7) is 5.56. The molecule has 0 radical (unpaired) electrons. The molecule has 17 heavy (non-hydrogen) atoms. The Balaban J connectivity index is 2.64. The first-order chi connectivity index (χ1) is 7.79. The molecule has 1 amide bonds. The summed E-state index contributed by atoms with van der Waals surface area (Å²) in [5.74, 6) is -0.0649. The molecule has 1 aromatic rings. The first kappa shape index (κ1) is 14.0. The Morgan fingerprint density at radius 3 is 2.59 bits per heavy atom. The first-order valence-electron chi connectivity index (χ1n) is 5.62. The highest BCUT2D eigenvalue weighted by atomic mass is 35.5. The van der Waals surface area contributed by atoms with Crippen molar-refractivity contribution in [1.29, 1.82) is 0 Å². The number of rotatable bonds is 4. The molecule has 3 N–H and O–H groups in total. The lowest BCUT2D eigenvalue weighted by atomic mass is 10.0. The average Bonchev–Trinajstić information content (AvgIpc) is 2.14. The first-order valence-corrected chi connectivity index (χ1v) is 6.00. The summed E-state index contributed by atoms with van der Waals surface area (Å²) in [6, 6.07) is 7.37. The van der Waals surface area contributed by atoms with E-state index in [-0.39, 0.29) is 11.9 Å². The van der Waals surface area contributed by atoms with Gasteiger partial charge in [-0.1, -0.05) is 29.8 Å². The Kier molecular flexibility index (Phi) is 4.54. The van der Waals surface area contributed by atoms with Crippen LogP contribution in [0.1, 0.15) is 38.8 Å². The Morgan fingerprint density at radius 2 is 2.06 bits per heavy atom. The zero-order chi connectivity index (χ0) is 13.1. The van der Waals surface area contributed by atoms with Gasteiger partial charge in [-0.25, -0.2) is 0 Å². The lowest BCUT2D eigenvalue weighted by Gasteiger charge is -2.21. The van der Waals surface area contributed by atoms with Gasteiger partial charge in [0, 0.05) is 17.0 Å². The molecule has 3 nitrogen and oxygen atoms in total. The zero-order valence-corrected chi connectivity index (χ0v) is 11.2. The van der Waals surface area contributed by atoms with Gasteiger partial charge in [0.05, 0.1) is 6.04 Å². The fraction of sp³-hybridized carbons (Fsp3) is 0.462. The van der Waals surface area contributed by atoms with Crippen molar-refractivity contribution in [1.82, 2.24) is 5.32 Å². The van der Waals surface area contributed by atoms with E-state index < -0.39 is 5.54 Å². The number of halogens is 1. The van der Waals surface area contributed by atoms with Crippen LogP contribution in [0.3, 0.4) is 0 Å². The van der Waals surface area contributed by atoms with E-state index in [0.29, 0.717) is 11.4 Å². The van der Waals surface area contributed by atoms with Crippen LogP contribution in [-0.4, -0.2) is 11.4 Å². The van der Waals surface area contributed by atoms with Crippen molar-refractivity contribution in [2.45, 2.75) is 38.8 Å². The normalized spacial score (nSPS) is 13.2. The van der Waals surface area contributed by atoms with Gasteiger partial charge >= 0.3 is 0 Å². The third-order valence-electron chi connectivity index (χ3n) is 2.37. The summed E-state index contributed by atoms with van der Waals surface area (Å²) in [7, 11) is 0. The van der Waals surface area contributed by atoms with Crippen LogP contribution in [0.15, 0.2) is 24.3 Å². The number of carbonyl (C=O) groups excluding carboxylic acids is 1. The molecule has 0 unspecified atom stereocenters. The van der Waals surface area contributed by atoms with Gasteiger partial charge in [0.25, 0.3) is 0 Å². The van der Waals surface area contributed by atoms with Gasteiger partial charge in [0.1, 0.15) is 0 Å². The van der Waals surface area contributed by atoms with Crippen LogP contribution in [0.4, 0.5) is 0 Å². The second-order valence-corrected chi connectivity index (χ2v) is 5.38. The summed E-state index contributed by atoms with van der Waals surface area (Å²) in [4.78, 5) is 11.7. The topological polar surface area (TPSA) is 55.1 Å². The summed E-state index contributed by atoms with van der Waals surface area (Å²) < 4.78 is 0. The van der Waals surface area contributed by atoms with Crippen molar-refractivity contribution in [3.05, 3.63) is 34.9 Å². The molecule has 4 heteroatoms. The monoisotopic (exact) mass is 254 g/mol. The molecule has 1 rings (SSSR count). The SMILES string of the molecule is C[C@H](NC(=O)CC(C)(C)N)c1ccccc1Cl. The molecule has 0 aliphatic rings. The molecule has 0 aliphatic heterocycles. The van der Waals surface area contributed by atoms with Crippen LogP contribution in [0, 0.1) is 0 Å². The molecule has 0 bridgehead atoms. The predicted molar refractivity (Wildman–Crippen MR) is 70.9 cm³/mol. The second-order valence-electron chi connectivity index (χ2n) is 4.98. The highest BCUT2D eigenvalue weighted by molar-refractivity contribution is 6.31. The van der Waals surface area contributed by atoms with E-state index in [4.69, 9.17) is 17.3 Å². The molecule has 0 aliphatic carbocycles. The smallest absolute Gasteiger partial charge is 0.222 e. The van der Waals surface area contributed by atoms with E-state index in [1.807, 2.05) is 45.0 Å². The molecule has 0 fully saturated rings. The van der Waals surface area contributed by atoms with Crippen LogP contribution in [0.2, 0.25) is 5.02 Å². The highest BCUT2D eigenvalue weighted by Gasteiger charge is 2.18. The Morgan fingerprint density at radius 1 is 1.47 bits per heavy atom. The number of nitrogens with two attached hydrogens (primary N) is 1. The molecule has 0 aromatic heterocycles. The summed E-state index contributed by atoms with van der Waals surface area (Å²) >= 11 is 6.06. The second kappa shape index (κ2) is 5.52. The average molecular weight is 255 g/mol. The third-order valence-corrected chi connectivity index (χ3v) is 2.71. The molecular weight excluding hydrogens is 236 g/mol. The number of nitrogens with one attached hydrogen (secondary N) is 1. The van der Waals surface area contributed by atoms with Gasteiger partial charge in [-0.05, 0) is 32.4 Å². The maximum absolute atomic E-state index is 11.7. The van der Waals surface area contributed by atoms with Gasteiger partial charge in [-0.15, -0.1) is 0 Å². The summed E-state index contributed by atoms with van der Waals surface area (Å²) in [5.41, 5.74) is 6.21. The number of hydrogen-bond acceptors (Lipinski definition) is 2. The van der Waals surface area contributed by atoms with Gasteiger partial charge < -0.3 is 11.1 Å². The van der Waals surface area contributed by atoms with Crippen LogP contribution >= 0.6 is 11.6 Å². The Hall–Kier alpha value is -1.06. The fourth-order valence-electron chi connectivity index (χ4n) is 1.61. The molecule has 1 aromatic carbocycles. The Bertz CT molecular complexity index is 399. The number of hydrogen-bond donors (Lipinski definition) is 2. The van der Waals surface area contributed by atoms with E-state index in [1.165, 1.54) is 0 Å². The van der Waals surface area contributed by atoms with E-state index >= 15 is 0 Å². The van der Waals surface area contributed by atoms with Crippen LogP contribution in [0.25, 0.3) is 0 Å². The molecule has 94 valence electrons. The lowest BCUT2D eigenvalue weighted by molar-refractivity contribution is -0.122. The van der Waals surface area contributed by atoms with E-state index in [2.05, 4.69) is 5.32 Å². The van der Waals surface area contributed by atoms with Gasteiger partial charge in [-0.2, -0.15) is 0 Å². The van der Waals surface area contributed by atoms with E-state index in [0.717, 1.165) is 5.56 Å². The molecule has 0 saturated carbocycles. The predicted octanol–water partition coefficient (Wildman–Crippen LogP) is 2.64. The van der Waals surface area contributed by atoms with E-state index in [1.54, 1.807) is 0 Å². The van der Waals surface area contributed by atoms with Crippen molar-refractivity contribution in [3.63, 3.8) is 0 Å². The van der Waals surface area contributed by atoms with Crippen molar-refractivity contribution < 1.29 is 4.79 Å². The van der Waals surface area contributed by atoms with Crippen molar-refractivity contribution in [2.24, 2.45) is 5.73 Å². The highest BCUT2D eigenvalue weighted by Crippen LogP contribution is 2.22.